The summed E-state index contributed by atoms with van der Waals surface area (Å²) in [7, 11) is 0. The van der Waals surface area contributed by atoms with Gasteiger partial charge in [-0.2, -0.15) is 0 Å². The Labute approximate surface area is 174 Å². The van der Waals surface area contributed by atoms with Gasteiger partial charge in [0.25, 0.3) is 5.56 Å². The van der Waals surface area contributed by atoms with Crippen LogP contribution in [0.3, 0.4) is 0 Å². The summed E-state index contributed by atoms with van der Waals surface area (Å²) in [5, 5.41) is 3.52. The SMILES string of the molecule is O=C(Cn1cnc2sccc2c1=O)N1CCN(Cc2nc3ccccc3s2)CC1. The Hall–Kier alpha value is -2.62. The first-order chi connectivity index (χ1) is 14.2. The number of fused-ring (bicyclic) bond motifs is 2. The third-order valence-electron chi connectivity index (χ3n) is 5.18. The largest absolute Gasteiger partial charge is 0.339 e. The number of benzene rings is 1. The first-order valence-corrected chi connectivity index (χ1v) is 11.1. The second-order valence-corrected chi connectivity index (χ2v) is 9.06. The summed E-state index contributed by atoms with van der Waals surface area (Å²) in [6.45, 7) is 3.77. The molecule has 0 atom stereocenters. The standard InChI is InChI=1S/C20H19N5O2S2/c26-18(12-25-13-21-19-14(20(25)27)5-10-28-19)24-8-6-23(7-9-24)11-17-22-15-3-1-2-4-16(15)29-17/h1-5,10,13H,6-9,11-12H2. The predicted molar refractivity (Wildman–Crippen MR) is 115 cm³/mol. The van der Waals surface area contributed by atoms with Gasteiger partial charge in [-0.1, -0.05) is 12.1 Å². The van der Waals surface area contributed by atoms with Crippen LogP contribution in [-0.4, -0.2) is 56.4 Å². The normalized spacial score (nSPS) is 15.4. The monoisotopic (exact) mass is 425 g/mol. The van der Waals surface area contributed by atoms with Gasteiger partial charge in [0.1, 0.15) is 16.4 Å². The zero-order chi connectivity index (χ0) is 19.8. The zero-order valence-corrected chi connectivity index (χ0v) is 17.3. The lowest BCUT2D eigenvalue weighted by atomic mass is 10.3. The van der Waals surface area contributed by atoms with Crippen molar-refractivity contribution in [3.63, 3.8) is 0 Å². The van der Waals surface area contributed by atoms with E-state index in [1.54, 1.807) is 17.4 Å². The van der Waals surface area contributed by atoms with E-state index >= 15 is 0 Å². The van der Waals surface area contributed by atoms with E-state index in [2.05, 4.69) is 16.0 Å². The van der Waals surface area contributed by atoms with Gasteiger partial charge < -0.3 is 4.90 Å². The first-order valence-electron chi connectivity index (χ1n) is 9.44. The topological polar surface area (TPSA) is 71.3 Å². The number of thiazole rings is 1. The Bertz CT molecular complexity index is 1200. The van der Waals surface area contributed by atoms with Crippen LogP contribution in [-0.2, 0) is 17.9 Å². The number of thiophene rings is 1. The highest BCUT2D eigenvalue weighted by Gasteiger charge is 2.22. The molecule has 0 unspecified atom stereocenters. The lowest BCUT2D eigenvalue weighted by Gasteiger charge is -2.34. The van der Waals surface area contributed by atoms with Gasteiger partial charge in [-0.05, 0) is 23.6 Å². The molecule has 1 aromatic carbocycles. The van der Waals surface area contributed by atoms with Crippen LogP contribution in [0.4, 0.5) is 0 Å². The fourth-order valence-corrected chi connectivity index (χ4v) is 5.32. The maximum absolute atomic E-state index is 12.7. The van der Waals surface area contributed by atoms with Crippen molar-refractivity contribution in [3.05, 3.63) is 57.4 Å². The summed E-state index contributed by atoms with van der Waals surface area (Å²) in [4.78, 5) is 39.0. The van der Waals surface area contributed by atoms with Gasteiger partial charge in [-0.3, -0.25) is 19.1 Å². The van der Waals surface area contributed by atoms with Gasteiger partial charge in [0, 0.05) is 26.2 Å². The molecule has 0 saturated carbocycles. The van der Waals surface area contributed by atoms with Crippen molar-refractivity contribution >= 4 is 49.0 Å². The summed E-state index contributed by atoms with van der Waals surface area (Å²) in [6, 6.07) is 9.93. The van der Waals surface area contributed by atoms with Gasteiger partial charge in [0.05, 0.1) is 28.5 Å². The number of para-hydroxylation sites is 1. The number of carbonyl (C=O) groups is 1. The van der Waals surface area contributed by atoms with Crippen molar-refractivity contribution in [2.75, 3.05) is 26.2 Å². The lowest BCUT2D eigenvalue weighted by molar-refractivity contribution is -0.133. The maximum atomic E-state index is 12.7. The molecule has 1 amide bonds. The average molecular weight is 426 g/mol. The number of piperazine rings is 1. The Morgan fingerprint density at radius 2 is 1.93 bits per heavy atom. The molecule has 29 heavy (non-hydrogen) atoms. The van der Waals surface area contributed by atoms with Gasteiger partial charge in [0.15, 0.2) is 0 Å². The number of carbonyl (C=O) groups excluding carboxylic acids is 1. The van der Waals surface area contributed by atoms with Crippen molar-refractivity contribution in [2.24, 2.45) is 0 Å². The van der Waals surface area contributed by atoms with Gasteiger partial charge in [0.2, 0.25) is 5.91 Å². The van der Waals surface area contributed by atoms with Crippen LogP contribution in [0.1, 0.15) is 5.01 Å². The third kappa shape index (κ3) is 3.68. The Kier molecular flexibility index (Phi) is 4.86. The van der Waals surface area contributed by atoms with E-state index in [9.17, 15) is 9.59 Å². The molecule has 1 fully saturated rings. The predicted octanol–water partition coefficient (Wildman–Crippen LogP) is 2.41. The Balaban J connectivity index is 1.20. The number of nitrogens with zero attached hydrogens (tertiary/aromatic N) is 5. The van der Waals surface area contributed by atoms with Crippen LogP contribution < -0.4 is 5.56 Å². The van der Waals surface area contributed by atoms with Crippen LogP contribution in [0, 0.1) is 0 Å². The summed E-state index contributed by atoms with van der Waals surface area (Å²) in [5.74, 6) is -0.0388. The highest BCUT2D eigenvalue weighted by atomic mass is 32.1. The summed E-state index contributed by atoms with van der Waals surface area (Å²) in [5.41, 5.74) is 0.891. The highest BCUT2D eigenvalue weighted by Crippen LogP contribution is 2.23. The number of aromatic nitrogens is 3. The van der Waals surface area contributed by atoms with Crippen molar-refractivity contribution in [3.8, 4) is 0 Å². The van der Waals surface area contributed by atoms with Crippen molar-refractivity contribution < 1.29 is 4.79 Å². The summed E-state index contributed by atoms with van der Waals surface area (Å²) >= 11 is 3.16. The molecule has 1 aliphatic heterocycles. The lowest BCUT2D eigenvalue weighted by Crippen LogP contribution is -2.49. The maximum Gasteiger partial charge on any atom is 0.262 e. The van der Waals surface area contributed by atoms with Gasteiger partial charge >= 0.3 is 0 Å². The minimum atomic E-state index is -0.154. The Morgan fingerprint density at radius 3 is 2.76 bits per heavy atom. The van der Waals surface area contributed by atoms with Crippen LogP contribution in [0.15, 0.2) is 46.8 Å². The summed E-state index contributed by atoms with van der Waals surface area (Å²) < 4.78 is 2.61. The van der Waals surface area contributed by atoms with Crippen molar-refractivity contribution in [1.82, 2.24) is 24.3 Å². The molecule has 1 saturated heterocycles. The van der Waals surface area contributed by atoms with Crippen molar-refractivity contribution in [1.29, 1.82) is 0 Å². The molecule has 0 bridgehead atoms. The van der Waals surface area contributed by atoms with E-state index in [0.29, 0.717) is 23.3 Å². The van der Waals surface area contributed by atoms with E-state index in [1.165, 1.54) is 26.9 Å². The zero-order valence-electron chi connectivity index (χ0n) is 15.7. The fraction of sp³-hybridized carbons (Fsp3) is 0.300. The van der Waals surface area contributed by atoms with E-state index < -0.39 is 0 Å². The summed E-state index contributed by atoms with van der Waals surface area (Å²) in [6.07, 6.45) is 1.47. The van der Waals surface area contributed by atoms with E-state index in [-0.39, 0.29) is 18.0 Å². The van der Waals surface area contributed by atoms with Gasteiger partial charge in [-0.15, -0.1) is 22.7 Å². The molecule has 148 valence electrons. The first kappa shape index (κ1) is 18.4. The number of hydrogen-bond donors (Lipinski definition) is 0. The van der Waals surface area contributed by atoms with Crippen LogP contribution >= 0.6 is 22.7 Å². The number of amides is 1. The van der Waals surface area contributed by atoms with Crippen LogP contribution in [0.25, 0.3) is 20.4 Å². The third-order valence-corrected chi connectivity index (χ3v) is 7.02. The molecule has 5 rings (SSSR count). The van der Waals surface area contributed by atoms with E-state index in [4.69, 9.17) is 4.98 Å². The quantitative estimate of drug-likeness (QED) is 0.502. The number of rotatable bonds is 4. The molecule has 9 heteroatoms. The Morgan fingerprint density at radius 1 is 1.10 bits per heavy atom. The number of hydrogen-bond acceptors (Lipinski definition) is 7. The second-order valence-electron chi connectivity index (χ2n) is 7.05. The highest BCUT2D eigenvalue weighted by molar-refractivity contribution is 7.18. The molecule has 4 heterocycles. The smallest absolute Gasteiger partial charge is 0.262 e. The molecule has 4 aromatic rings. The van der Waals surface area contributed by atoms with E-state index in [0.717, 1.165) is 30.2 Å². The molecular formula is C20H19N5O2S2. The molecule has 3 aromatic heterocycles. The molecule has 1 aliphatic rings. The van der Waals surface area contributed by atoms with Crippen LogP contribution in [0.5, 0.6) is 0 Å². The van der Waals surface area contributed by atoms with Gasteiger partial charge in [-0.25, -0.2) is 9.97 Å². The second kappa shape index (κ2) is 7.66. The molecule has 7 nitrogen and oxygen atoms in total. The van der Waals surface area contributed by atoms with E-state index in [1.807, 2.05) is 28.5 Å². The molecule has 0 spiro atoms. The fourth-order valence-electron chi connectivity index (χ4n) is 3.59. The van der Waals surface area contributed by atoms with Crippen molar-refractivity contribution in [2.45, 2.75) is 13.1 Å². The molecular weight excluding hydrogens is 406 g/mol. The minimum Gasteiger partial charge on any atom is -0.339 e. The molecule has 0 N–H and O–H groups in total. The van der Waals surface area contributed by atoms with Crippen LogP contribution in [0.2, 0.25) is 0 Å². The molecule has 0 aliphatic carbocycles. The minimum absolute atomic E-state index is 0.0372. The molecule has 0 radical (unpaired) electrons. The average Bonchev–Trinajstić information content (AvgIpc) is 3.37.